The Kier molecular flexibility index (Phi) is 32.8. The Bertz CT molecular complexity index is 1650. The van der Waals surface area contributed by atoms with Gasteiger partial charge in [0, 0.05) is 25.6 Å². The normalized spacial score (nSPS) is 11.9. The monoisotopic (exact) mass is 959 g/mol. The van der Waals surface area contributed by atoms with Crippen LogP contribution in [0.1, 0.15) is 29.0 Å². The Morgan fingerprint density at radius 3 is 1.09 bits per heavy atom. The second-order valence-electron chi connectivity index (χ2n) is 14.9. The molecular weight excluding hydrogens is 885 g/mol. The van der Waals surface area contributed by atoms with Crippen LogP contribution in [0, 0.1) is 0 Å². The molecule has 1 aliphatic rings. The minimum absolute atomic E-state index is 0.0432. The molecule has 18 nitrogen and oxygen atoms in total. The van der Waals surface area contributed by atoms with Gasteiger partial charge in [0.15, 0.2) is 0 Å². The topological polar surface area (TPSA) is 187 Å². The SMILES string of the molecule is O=C(NCCOCCOCCOCCOCCOCCOCCOCCOCCOCCOCCOCCOCCCNC(=O)OCC1c2ccccc2-c2ccccc21)OCc1ccccc1. The molecular formula is C50H74N2O16. The van der Waals surface area contributed by atoms with Crippen molar-refractivity contribution in [3.63, 3.8) is 0 Å². The van der Waals surface area contributed by atoms with Crippen molar-refractivity contribution in [1.82, 2.24) is 10.6 Å². The summed E-state index contributed by atoms with van der Waals surface area (Å²) in [7, 11) is 0. The van der Waals surface area contributed by atoms with E-state index in [4.69, 9.17) is 66.3 Å². The number of carbonyl (C=O) groups is 2. The highest BCUT2D eigenvalue weighted by Crippen LogP contribution is 2.44. The fraction of sp³-hybridized carbons (Fsp3) is 0.600. The molecule has 2 N–H and O–H groups in total. The molecule has 18 heteroatoms. The second kappa shape index (κ2) is 39.6. The van der Waals surface area contributed by atoms with Gasteiger partial charge in [-0.3, -0.25) is 0 Å². The minimum atomic E-state index is -0.474. The maximum Gasteiger partial charge on any atom is 0.407 e. The highest BCUT2D eigenvalue weighted by atomic mass is 16.6. The summed E-state index contributed by atoms with van der Waals surface area (Å²) in [6, 6.07) is 26.1. The first-order valence-corrected chi connectivity index (χ1v) is 23.7. The van der Waals surface area contributed by atoms with E-state index >= 15 is 0 Å². The molecule has 0 fully saturated rings. The molecule has 1 aliphatic carbocycles. The number of amides is 2. The third-order valence-electron chi connectivity index (χ3n) is 9.90. The Morgan fingerprint density at radius 2 is 0.676 bits per heavy atom. The van der Waals surface area contributed by atoms with Crippen LogP contribution in [0.2, 0.25) is 0 Å². The van der Waals surface area contributed by atoms with Gasteiger partial charge >= 0.3 is 12.2 Å². The second-order valence-corrected chi connectivity index (χ2v) is 14.9. The zero-order valence-electron chi connectivity index (χ0n) is 39.6. The molecule has 2 amide bonds. The van der Waals surface area contributed by atoms with Crippen LogP contribution < -0.4 is 10.6 Å². The van der Waals surface area contributed by atoms with Gasteiger partial charge in [0.1, 0.15) is 13.2 Å². The van der Waals surface area contributed by atoms with Crippen LogP contribution in [0.3, 0.4) is 0 Å². The van der Waals surface area contributed by atoms with E-state index in [0.29, 0.717) is 185 Å². The lowest BCUT2D eigenvalue weighted by atomic mass is 9.98. The van der Waals surface area contributed by atoms with Crippen molar-refractivity contribution in [3.05, 3.63) is 95.6 Å². The molecule has 4 rings (SSSR count). The average molecular weight is 959 g/mol. The van der Waals surface area contributed by atoms with Crippen LogP contribution in [0.25, 0.3) is 11.1 Å². The van der Waals surface area contributed by atoms with Gasteiger partial charge in [-0.05, 0) is 34.2 Å². The molecule has 3 aromatic rings. The highest BCUT2D eigenvalue weighted by molar-refractivity contribution is 5.79. The Hall–Kier alpha value is -4.28. The summed E-state index contributed by atoms with van der Waals surface area (Å²) >= 11 is 0. The third kappa shape index (κ3) is 27.0. The van der Waals surface area contributed by atoms with Crippen LogP contribution in [0.15, 0.2) is 78.9 Å². The largest absolute Gasteiger partial charge is 0.449 e. The fourth-order valence-corrected chi connectivity index (χ4v) is 6.53. The van der Waals surface area contributed by atoms with Gasteiger partial charge < -0.3 is 76.9 Å². The predicted octanol–water partition coefficient (Wildman–Crippen LogP) is 5.04. The molecule has 0 saturated heterocycles. The van der Waals surface area contributed by atoms with Crippen molar-refractivity contribution in [1.29, 1.82) is 0 Å². The zero-order valence-corrected chi connectivity index (χ0v) is 39.6. The van der Waals surface area contributed by atoms with Gasteiger partial charge in [-0.25, -0.2) is 9.59 Å². The van der Waals surface area contributed by atoms with Gasteiger partial charge in [0.25, 0.3) is 0 Å². The van der Waals surface area contributed by atoms with E-state index in [1.165, 1.54) is 22.3 Å². The molecule has 0 radical (unpaired) electrons. The van der Waals surface area contributed by atoms with Crippen molar-refractivity contribution in [3.8, 4) is 11.1 Å². The smallest absolute Gasteiger partial charge is 0.407 e. The summed E-state index contributed by atoms with van der Waals surface area (Å²) < 4.78 is 76.8. The Labute approximate surface area is 401 Å². The number of benzene rings is 3. The van der Waals surface area contributed by atoms with E-state index in [-0.39, 0.29) is 12.5 Å². The molecule has 0 spiro atoms. The van der Waals surface area contributed by atoms with Crippen LogP contribution >= 0.6 is 0 Å². The van der Waals surface area contributed by atoms with Crippen LogP contribution in [-0.2, 0) is 72.9 Å². The van der Waals surface area contributed by atoms with E-state index < -0.39 is 12.2 Å². The lowest BCUT2D eigenvalue weighted by Gasteiger charge is -2.14. The molecule has 68 heavy (non-hydrogen) atoms. The number of alkyl carbamates (subject to hydrolysis) is 2. The van der Waals surface area contributed by atoms with E-state index in [2.05, 4.69) is 34.9 Å². The zero-order chi connectivity index (χ0) is 47.6. The third-order valence-corrected chi connectivity index (χ3v) is 9.90. The number of ether oxygens (including phenoxy) is 14. The molecule has 0 unspecified atom stereocenters. The highest BCUT2D eigenvalue weighted by Gasteiger charge is 2.29. The van der Waals surface area contributed by atoms with Crippen molar-refractivity contribution >= 4 is 12.2 Å². The average Bonchev–Trinajstić information content (AvgIpc) is 3.69. The van der Waals surface area contributed by atoms with E-state index in [1.54, 1.807) is 0 Å². The number of fused-ring (bicyclic) bond motifs is 3. The predicted molar refractivity (Wildman–Crippen MR) is 252 cm³/mol. The fourth-order valence-electron chi connectivity index (χ4n) is 6.53. The van der Waals surface area contributed by atoms with Crippen LogP contribution in [0.4, 0.5) is 9.59 Å². The van der Waals surface area contributed by atoms with E-state index in [1.807, 2.05) is 54.6 Å². The molecule has 0 atom stereocenters. The van der Waals surface area contributed by atoms with Gasteiger partial charge in [-0.1, -0.05) is 78.9 Å². The summed E-state index contributed by atoms with van der Waals surface area (Å²) in [5.41, 5.74) is 5.72. The summed E-state index contributed by atoms with van der Waals surface area (Å²) in [6.45, 7) is 12.6. The van der Waals surface area contributed by atoms with Gasteiger partial charge in [0.2, 0.25) is 0 Å². The Morgan fingerprint density at radius 1 is 0.353 bits per heavy atom. The number of hydrogen-bond donors (Lipinski definition) is 2. The van der Waals surface area contributed by atoms with Crippen molar-refractivity contribution in [2.24, 2.45) is 0 Å². The quantitative estimate of drug-likeness (QED) is 0.0718. The first kappa shape index (κ1) is 56.3. The molecule has 0 aromatic heterocycles. The number of carbonyl (C=O) groups excluding carboxylic acids is 2. The first-order chi connectivity index (χ1) is 33.7. The first-order valence-electron chi connectivity index (χ1n) is 23.7. The molecule has 0 aliphatic heterocycles. The van der Waals surface area contributed by atoms with Crippen molar-refractivity contribution in [2.45, 2.75) is 18.9 Å². The van der Waals surface area contributed by atoms with Gasteiger partial charge in [-0.2, -0.15) is 0 Å². The summed E-state index contributed by atoms with van der Waals surface area (Å²) in [4.78, 5) is 24.0. The van der Waals surface area contributed by atoms with Gasteiger partial charge in [0.05, 0.1) is 152 Å². The Balaban J connectivity index is 0.744. The van der Waals surface area contributed by atoms with Crippen molar-refractivity contribution < 1.29 is 75.9 Å². The number of rotatable bonds is 44. The van der Waals surface area contributed by atoms with E-state index in [0.717, 1.165) is 5.56 Å². The maximum absolute atomic E-state index is 12.3. The lowest BCUT2D eigenvalue weighted by Crippen LogP contribution is -2.28. The number of nitrogens with one attached hydrogen (secondary N) is 2. The summed E-state index contributed by atoms with van der Waals surface area (Å²) in [6.07, 6.45) is -0.216. The summed E-state index contributed by atoms with van der Waals surface area (Å²) in [5.74, 6) is 0.0432. The minimum Gasteiger partial charge on any atom is -0.449 e. The molecule has 380 valence electrons. The van der Waals surface area contributed by atoms with Crippen LogP contribution in [0.5, 0.6) is 0 Å². The lowest BCUT2D eigenvalue weighted by molar-refractivity contribution is -0.0283. The van der Waals surface area contributed by atoms with Crippen LogP contribution in [-0.4, -0.2) is 190 Å². The molecule has 3 aromatic carbocycles. The molecule has 0 saturated carbocycles. The van der Waals surface area contributed by atoms with E-state index in [9.17, 15) is 9.59 Å². The molecule has 0 heterocycles. The number of hydrogen-bond acceptors (Lipinski definition) is 16. The maximum atomic E-state index is 12.3. The molecule has 0 bridgehead atoms. The van der Waals surface area contributed by atoms with Gasteiger partial charge in [-0.15, -0.1) is 0 Å². The standard InChI is InChI=1S/C50H74N2O16/c53-49(68-42-48-46-13-6-4-11-44(46)45-12-5-7-14-47(45)48)51-15-8-17-55-19-21-57-23-25-59-27-29-61-31-33-63-35-37-65-39-40-66-38-36-64-34-32-62-30-28-60-26-24-58-22-20-56-18-16-52-50(54)67-41-43-9-2-1-3-10-43/h1-7,9-14,48H,8,15-42H2,(H,51,53)(H,52,54). The van der Waals surface area contributed by atoms with Crippen molar-refractivity contribution in [2.75, 3.05) is 178 Å². The summed E-state index contributed by atoms with van der Waals surface area (Å²) in [5, 5.41) is 5.45.